The number of nitrogens with zero attached hydrogens (tertiary/aromatic N) is 4. The number of rotatable bonds is 6. The third kappa shape index (κ3) is 8.26. The number of nitrogens with two attached hydrogens (primary N) is 1. The summed E-state index contributed by atoms with van der Waals surface area (Å²) in [6.07, 6.45) is -1.38. The van der Waals surface area contributed by atoms with Gasteiger partial charge in [-0.3, -0.25) is 9.69 Å². The highest BCUT2D eigenvalue weighted by atomic mass is 79.9. The second-order valence-electron chi connectivity index (χ2n) is 13.3. The number of hydrogen-bond donors (Lipinski definition) is 4. The summed E-state index contributed by atoms with van der Waals surface area (Å²) < 4.78 is 41.6. The number of amides is 5. The SMILES string of the molecule is Nc1c(Br)cc(CC(NC(=O)N2CCC(N3CCc4ccccc4NC3=O)CC2)C(=O)N2CCC(N3CCNCC3)CC2)cc1C(F)(F)F. The van der Waals surface area contributed by atoms with Gasteiger partial charge >= 0.3 is 18.2 Å². The number of anilines is 2. The van der Waals surface area contributed by atoms with Crippen LogP contribution >= 0.6 is 15.9 Å². The first-order valence-corrected chi connectivity index (χ1v) is 17.9. The topological polar surface area (TPSA) is 126 Å². The number of carbonyl (C=O) groups excluding carboxylic acids is 3. The van der Waals surface area contributed by atoms with Gasteiger partial charge in [-0.15, -0.1) is 0 Å². The Hall–Kier alpha value is -3.56. The van der Waals surface area contributed by atoms with Gasteiger partial charge in [-0.05, 0) is 77.4 Å². The molecule has 0 bridgehead atoms. The predicted octanol–water partition coefficient (Wildman–Crippen LogP) is 4.12. The molecule has 49 heavy (non-hydrogen) atoms. The number of urea groups is 2. The number of benzene rings is 2. The van der Waals surface area contributed by atoms with Gasteiger partial charge in [0.15, 0.2) is 0 Å². The normalized spacial score (nSPS) is 20.7. The van der Waals surface area contributed by atoms with Crippen molar-refractivity contribution >= 4 is 45.3 Å². The number of carbonyl (C=O) groups is 3. The Balaban J connectivity index is 1.12. The van der Waals surface area contributed by atoms with E-state index in [1.54, 1.807) is 9.80 Å². The van der Waals surface area contributed by atoms with E-state index in [2.05, 4.69) is 36.8 Å². The van der Waals surface area contributed by atoms with Crippen LogP contribution in [0, 0.1) is 0 Å². The monoisotopic (exact) mass is 748 g/mol. The number of hydrogen-bond acceptors (Lipinski definition) is 6. The molecule has 3 fully saturated rings. The van der Waals surface area contributed by atoms with E-state index in [0.29, 0.717) is 51.6 Å². The molecule has 5 amide bonds. The largest absolute Gasteiger partial charge is 0.418 e. The van der Waals surface area contributed by atoms with Crippen molar-refractivity contribution < 1.29 is 27.6 Å². The van der Waals surface area contributed by atoms with E-state index >= 15 is 0 Å². The number of likely N-dealkylation sites (tertiary alicyclic amines) is 2. The molecule has 0 aromatic heterocycles. The maximum absolute atomic E-state index is 14.0. The molecule has 2 aromatic rings. The van der Waals surface area contributed by atoms with Gasteiger partial charge in [0.2, 0.25) is 5.91 Å². The fraction of sp³-hybridized carbons (Fsp3) is 0.559. The summed E-state index contributed by atoms with van der Waals surface area (Å²) in [4.78, 5) is 48.4. The molecule has 0 saturated carbocycles. The van der Waals surface area contributed by atoms with Gasteiger partial charge in [-0.25, -0.2) is 9.59 Å². The molecule has 11 nitrogen and oxygen atoms in total. The number of halogens is 4. The summed E-state index contributed by atoms with van der Waals surface area (Å²) in [7, 11) is 0. The molecule has 266 valence electrons. The standard InChI is InChI=1S/C34H44BrF3N8O3/c35-27-20-22(19-26(30(27)39)34(36,37)38)21-29(31(47)44-12-6-24(7-13-44)43-17-10-40-11-18-43)42-32(48)45-14-8-25(9-15-45)46-16-5-23-3-1-2-4-28(23)41-33(46)49/h1-4,19-20,24-25,29,40H,5-18,21,39H2,(H,41,49)(H,42,48). The van der Waals surface area contributed by atoms with Crippen LogP contribution in [0.15, 0.2) is 40.9 Å². The second kappa shape index (κ2) is 15.1. The van der Waals surface area contributed by atoms with Crippen molar-refractivity contribution in [2.75, 3.05) is 70.0 Å². The van der Waals surface area contributed by atoms with E-state index in [-0.39, 0.29) is 34.4 Å². The van der Waals surface area contributed by atoms with Crippen LogP contribution in [-0.2, 0) is 23.8 Å². The van der Waals surface area contributed by atoms with Gasteiger partial charge in [-0.1, -0.05) is 18.2 Å². The number of nitrogens with one attached hydrogen (secondary N) is 3. The Bertz CT molecular complexity index is 1520. The molecule has 0 aliphatic carbocycles. The van der Waals surface area contributed by atoms with Crippen LogP contribution in [0.25, 0.3) is 0 Å². The highest BCUT2D eigenvalue weighted by Crippen LogP contribution is 2.38. The Morgan fingerprint density at radius 1 is 0.939 bits per heavy atom. The number of piperidine rings is 2. The number of alkyl halides is 3. The lowest BCUT2D eigenvalue weighted by Crippen LogP contribution is -2.58. The summed E-state index contributed by atoms with van der Waals surface area (Å²) >= 11 is 3.15. The molecule has 1 atom stereocenters. The molecule has 0 spiro atoms. The lowest BCUT2D eigenvalue weighted by Gasteiger charge is -2.41. The molecular formula is C34H44BrF3N8O3. The summed E-state index contributed by atoms with van der Waals surface area (Å²) in [5.41, 5.74) is 6.45. The van der Waals surface area contributed by atoms with E-state index < -0.39 is 29.5 Å². The average molecular weight is 750 g/mol. The highest BCUT2D eigenvalue weighted by Gasteiger charge is 2.37. The Kier molecular flexibility index (Phi) is 10.9. The quantitative estimate of drug-likeness (QED) is 0.330. The molecule has 6 rings (SSSR count). The fourth-order valence-electron chi connectivity index (χ4n) is 7.54. The van der Waals surface area contributed by atoms with Gasteiger partial charge < -0.3 is 36.4 Å². The molecule has 2 aromatic carbocycles. The number of nitrogen functional groups attached to an aromatic ring is 1. The number of piperazine rings is 1. The van der Waals surface area contributed by atoms with E-state index in [1.807, 2.05) is 29.2 Å². The Morgan fingerprint density at radius 3 is 2.29 bits per heavy atom. The van der Waals surface area contributed by atoms with Crippen LogP contribution < -0.4 is 21.7 Å². The van der Waals surface area contributed by atoms with Crippen LogP contribution in [0.3, 0.4) is 0 Å². The van der Waals surface area contributed by atoms with Crippen molar-refractivity contribution in [2.24, 2.45) is 0 Å². The molecule has 3 saturated heterocycles. The minimum atomic E-state index is -4.69. The zero-order chi connectivity index (χ0) is 34.7. The van der Waals surface area contributed by atoms with Crippen molar-refractivity contribution in [3.05, 3.63) is 57.6 Å². The lowest BCUT2D eigenvalue weighted by atomic mass is 9.98. The van der Waals surface area contributed by atoms with Gasteiger partial charge in [0.05, 0.1) is 11.3 Å². The molecule has 5 N–H and O–H groups in total. The van der Waals surface area contributed by atoms with Crippen molar-refractivity contribution in [1.82, 2.24) is 30.2 Å². The molecule has 15 heteroatoms. The zero-order valence-electron chi connectivity index (χ0n) is 27.4. The summed E-state index contributed by atoms with van der Waals surface area (Å²) in [6, 6.07) is 8.79. The van der Waals surface area contributed by atoms with Crippen molar-refractivity contribution in [1.29, 1.82) is 0 Å². The van der Waals surface area contributed by atoms with Crippen molar-refractivity contribution in [2.45, 2.75) is 62.8 Å². The Labute approximate surface area is 292 Å². The van der Waals surface area contributed by atoms with E-state index in [9.17, 15) is 27.6 Å². The minimum absolute atomic E-state index is 0.0549. The van der Waals surface area contributed by atoms with Gasteiger partial charge in [0, 0.05) is 87.6 Å². The van der Waals surface area contributed by atoms with Crippen LogP contribution in [0.5, 0.6) is 0 Å². The Morgan fingerprint density at radius 2 is 1.59 bits per heavy atom. The summed E-state index contributed by atoms with van der Waals surface area (Å²) in [5.74, 6) is -0.315. The third-order valence-electron chi connectivity index (χ3n) is 10.3. The van der Waals surface area contributed by atoms with E-state index in [1.165, 1.54) is 6.07 Å². The second-order valence-corrected chi connectivity index (χ2v) is 14.2. The van der Waals surface area contributed by atoms with Crippen LogP contribution in [0.2, 0.25) is 0 Å². The summed E-state index contributed by atoms with van der Waals surface area (Å²) in [5, 5.41) is 9.24. The van der Waals surface area contributed by atoms with Crippen LogP contribution in [0.4, 0.5) is 34.1 Å². The van der Waals surface area contributed by atoms with E-state index in [4.69, 9.17) is 5.73 Å². The molecule has 4 aliphatic heterocycles. The molecule has 1 unspecified atom stereocenters. The number of para-hydroxylation sites is 1. The number of fused-ring (bicyclic) bond motifs is 1. The third-order valence-corrected chi connectivity index (χ3v) is 11.0. The van der Waals surface area contributed by atoms with Crippen molar-refractivity contribution in [3.8, 4) is 0 Å². The molecular weight excluding hydrogens is 705 g/mol. The van der Waals surface area contributed by atoms with Gasteiger partial charge in [-0.2, -0.15) is 13.2 Å². The first-order chi connectivity index (χ1) is 23.5. The maximum atomic E-state index is 14.0. The predicted molar refractivity (Wildman–Crippen MR) is 184 cm³/mol. The molecule has 0 radical (unpaired) electrons. The lowest BCUT2D eigenvalue weighted by molar-refractivity contribution is -0.137. The van der Waals surface area contributed by atoms with Gasteiger partial charge in [0.25, 0.3) is 0 Å². The fourth-order valence-corrected chi connectivity index (χ4v) is 8.05. The van der Waals surface area contributed by atoms with Crippen LogP contribution in [-0.4, -0.2) is 115 Å². The van der Waals surface area contributed by atoms with Crippen LogP contribution in [0.1, 0.15) is 42.4 Å². The van der Waals surface area contributed by atoms with Gasteiger partial charge in [0.1, 0.15) is 6.04 Å². The van der Waals surface area contributed by atoms with Crippen molar-refractivity contribution in [3.63, 3.8) is 0 Å². The average Bonchev–Trinajstić information content (AvgIpc) is 3.27. The van der Waals surface area contributed by atoms with E-state index in [0.717, 1.165) is 62.8 Å². The summed E-state index contributed by atoms with van der Waals surface area (Å²) in [6.45, 7) is 6.10. The smallest absolute Gasteiger partial charge is 0.397 e. The molecule has 4 aliphatic rings. The maximum Gasteiger partial charge on any atom is 0.418 e. The minimum Gasteiger partial charge on any atom is -0.397 e. The first kappa shape index (κ1) is 35.3. The first-order valence-electron chi connectivity index (χ1n) is 17.1. The zero-order valence-corrected chi connectivity index (χ0v) is 29.0. The molecule has 4 heterocycles. The highest BCUT2D eigenvalue weighted by molar-refractivity contribution is 9.10.